The van der Waals surface area contributed by atoms with Crippen molar-refractivity contribution >= 4 is 17.6 Å². The Labute approximate surface area is 165 Å². The summed E-state index contributed by atoms with van der Waals surface area (Å²) in [6, 6.07) is 7.03. The molecule has 2 aromatic carbocycles. The summed E-state index contributed by atoms with van der Waals surface area (Å²) in [5, 5.41) is 0. The van der Waals surface area contributed by atoms with E-state index in [9.17, 15) is 9.59 Å². The molecule has 0 aliphatic heterocycles. The molecule has 0 saturated carbocycles. The molecule has 0 amide bonds. The van der Waals surface area contributed by atoms with Crippen LogP contribution in [0.1, 0.15) is 63.7 Å². The van der Waals surface area contributed by atoms with Crippen LogP contribution >= 0.6 is 0 Å². The van der Waals surface area contributed by atoms with Gasteiger partial charge in [0.15, 0.2) is 11.6 Å². The van der Waals surface area contributed by atoms with Crippen molar-refractivity contribution in [3.05, 3.63) is 75.4 Å². The Morgan fingerprint density at radius 1 is 0.893 bits per heavy atom. The third-order valence-corrected chi connectivity index (χ3v) is 4.72. The highest BCUT2D eigenvalue weighted by Gasteiger charge is 2.36. The first-order chi connectivity index (χ1) is 13.3. The van der Waals surface area contributed by atoms with Crippen LogP contribution in [-0.2, 0) is 6.42 Å². The van der Waals surface area contributed by atoms with E-state index in [1.54, 1.807) is 12.1 Å². The van der Waals surface area contributed by atoms with Gasteiger partial charge in [0.25, 0.3) is 0 Å². The van der Waals surface area contributed by atoms with Crippen molar-refractivity contribution in [3.8, 4) is 11.5 Å². The molecule has 0 heterocycles. The number of ether oxygens (including phenoxy) is 2. The van der Waals surface area contributed by atoms with E-state index in [1.807, 2.05) is 39.0 Å². The van der Waals surface area contributed by atoms with Crippen molar-refractivity contribution < 1.29 is 19.1 Å². The Morgan fingerprint density at radius 3 is 1.93 bits per heavy atom. The molecule has 0 unspecified atom stereocenters. The number of rotatable bonds is 5. The van der Waals surface area contributed by atoms with Gasteiger partial charge in [-0.1, -0.05) is 35.9 Å². The number of fused-ring (bicyclic) bond motifs is 2. The summed E-state index contributed by atoms with van der Waals surface area (Å²) < 4.78 is 11.1. The van der Waals surface area contributed by atoms with Gasteiger partial charge in [0.05, 0.1) is 25.3 Å². The number of hydrogen-bond donors (Lipinski definition) is 0. The highest BCUT2D eigenvalue weighted by Crippen LogP contribution is 2.40. The molecule has 0 radical (unpaired) electrons. The minimum Gasteiger partial charge on any atom is -0.496 e. The summed E-state index contributed by atoms with van der Waals surface area (Å²) in [7, 11) is 3.03. The van der Waals surface area contributed by atoms with Crippen LogP contribution in [0.2, 0.25) is 0 Å². The monoisotopic (exact) mass is 376 g/mol. The largest absolute Gasteiger partial charge is 0.496 e. The normalized spacial score (nSPS) is 12.2. The summed E-state index contributed by atoms with van der Waals surface area (Å²) in [6.45, 7) is 9.78. The Bertz CT molecular complexity index is 1040. The van der Waals surface area contributed by atoms with Gasteiger partial charge in [0.1, 0.15) is 11.5 Å². The van der Waals surface area contributed by atoms with Gasteiger partial charge in [-0.15, -0.1) is 0 Å². The molecule has 2 aromatic rings. The quantitative estimate of drug-likeness (QED) is 0.587. The zero-order chi connectivity index (χ0) is 20.6. The van der Waals surface area contributed by atoms with Gasteiger partial charge in [-0.2, -0.15) is 0 Å². The van der Waals surface area contributed by atoms with E-state index in [1.165, 1.54) is 14.2 Å². The van der Waals surface area contributed by atoms with Gasteiger partial charge in [0, 0.05) is 16.7 Å². The maximum atomic E-state index is 13.3. The molecule has 0 fully saturated rings. The maximum Gasteiger partial charge on any atom is 0.198 e. The fourth-order valence-electron chi connectivity index (χ4n) is 3.67. The van der Waals surface area contributed by atoms with E-state index in [0.717, 1.165) is 22.3 Å². The van der Waals surface area contributed by atoms with Crippen LogP contribution in [0.25, 0.3) is 6.08 Å². The van der Waals surface area contributed by atoms with Crippen LogP contribution in [0.3, 0.4) is 0 Å². The fourth-order valence-corrected chi connectivity index (χ4v) is 3.67. The molecular weight excluding hydrogens is 352 g/mol. The molecule has 3 rings (SSSR count). The van der Waals surface area contributed by atoms with Crippen LogP contribution in [0.15, 0.2) is 42.0 Å². The van der Waals surface area contributed by atoms with Crippen LogP contribution < -0.4 is 9.47 Å². The summed E-state index contributed by atoms with van der Waals surface area (Å²) in [6.07, 6.45) is 2.51. The minimum atomic E-state index is -0.231. The lowest BCUT2D eigenvalue weighted by Gasteiger charge is -2.24. The molecule has 4 nitrogen and oxygen atoms in total. The van der Waals surface area contributed by atoms with Gasteiger partial charge >= 0.3 is 0 Å². The lowest BCUT2D eigenvalue weighted by molar-refractivity contribution is 0.0974. The molecule has 1 aliphatic rings. The maximum absolute atomic E-state index is 13.3. The van der Waals surface area contributed by atoms with Crippen molar-refractivity contribution in [3.63, 3.8) is 0 Å². The van der Waals surface area contributed by atoms with Gasteiger partial charge in [-0.05, 0) is 44.9 Å². The van der Waals surface area contributed by atoms with E-state index < -0.39 is 0 Å². The van der Waals surface area contributed by atoms with Crippen molar-refractivity contribution in [1.82, 2.24) is 0 Å². The lowest BCUT2D eigenvalue weighted by Crippen LogP contribution is -2.23. The average Bonchev–Trinajstić information content (AvgIpc) is 2.64. The van der Waals surface area contributed by atoms with E-state index >= 15 is 0 Å². The molecule has 0 bridgehead atoms. The van der Waals surface area contributed by atoms with E-state index in [0.29, 0.717) is 40.2 Å². The van der Waals surface area contributed by atoms with Crippen molar-refractivity contribution in [2.24, 2.45) is 0 Å². The van der Waals surface area contributed by atoms with Crippen LogP contribution in [0.5, 0.6) is 11.5 Å². The predicted octanol–water partition coefficient (Wildman–Crippen LogP) is 5.02. The van der Waals surface area contributed by atoms with Crippen molar-refractivity contribution in [2.75, 3.05) is 14.2 Å². The average molecular weight is 376 g/mol. The molecule has 0 spiro atoms. The highest BCUT2D eigenvalue weighted by molar-refractivity contribution is 6.30. The molecule has 28 heavy (non-hydrogen) atoms. The summed E-state index contributed by atoms with van der Waals surface area (Å²) in [5.41, 5.74) is 4.93. The Balaban J connectivity index is 2.28. The third-order valence-electron chi connectivity index (χ3n) is 4.72. The number of carbonyl (C=O) groups is 2. The molecule has 0 saturated heterocycles. The molecular formula is C24H24O4. The van der Waals surface area contributed by atoms with Crippen LogP contribution in [0.4, 0.5) is 0 Å². The highest BCUT2D eigenvalue weighted by atomic mass is 16.5. The second kappa shape index (κ2) is 7.47. The summed E-state index contributed by atoms with van der Waals surface area (Å²) in [4.78, 5) is 26.7. The number of allylic oxidation sites excluding steroid dienone is 2. The smallest absolute Gasteiger partial charge is 0.198 e. The Hall–Kier alpha value is -3.14. The van der Waals surface area contributed by atoms with Crippen LogP contribution in [0, 0.1) is 0 Å². The molecule has 0 atom stereocenters. The Morgan fingerprint density at radius 2 is 1.43 bits per heavy atom. The van der Waals surface area contributed by atoms with Crippen LogP contribution in [-0.4, -0.2) is 25.8 Å². The zero-order valence-corrected chi connectivity index (χ0v) is 16.9. The third kappa shape index (κ3) is 3.15. The molecule has 0 aromatic heterocycles. The second-order valence-corrected chi connectivity index (χ2v) is 7.30. The Kier molecular flexibility index (Phi) is 5.23. The first-order valence-electron chi connectivity index (χ1n) is 9.09. The molecule has 4 heteroatoms. The van der Waals surface area contributed by atoms with Gasteiger partial charge in [0.2, 0.25) is 0 Å². The van der Waals surface area contributed by atoms with E-state index in [2.05, 4.69) is 6.58 Å². The second-order valence-electron chi connectivity index (χ2n) is 7.30. The topological polar surface area (TPSA) is 52.6 Å². The standard InChI is InChI=1S/C24H24O4/c1-13(2)11-15-7-9-17-19(23(15)27-5)21(25)18-10-8-16(12-14(3)4)24(28-6)20(18)22(17)26/h7-10,12H,1,11H2,2-6H3. The lowest BCUT2D eigenvalue weighted by atomic mass is 9.80. The number of ketones is 2. The first kappa shape index (κ1) is 19.6. The summed E-state index contributed by atoms with van der Waals surface area (Å²) >= 11 is 0. The number of carbonyl (C=O) groups excluding carboxylic acids is 2. The zero-order valence-electron chi connectivity index (χ0n) is 16.9. The first-order valence-corrected chi connectivity index (χ1v) is 9.09. The molecule has 144 valence electrons. The van der Waals surface area contributed by atoms with Gasteiger partial charge < -0.3 is 9.47 Å². The number of hydrogen-bond acceptors (Lipinski definition) is 4. The van der Waals surface area contributed by atoms with Crippen molar-refractivity contribution in [2.45, 2.75) is 27.2 Å². The number of methoxy groups -OCH3 is 2. The van der Waals surface area contributed by atoms with E-state index in [4.69, 9.17) is 9.47 Å². The van der Waals surface area contributed by atoms with Crippen molar-refractivity contribution in [1.29, 1.82) is 0 Å². The van der Waals surface area contributed by atoms with Gasteiger partial charge in [-0.25, -0.2) is 0 Å². The van der Waals surface area contributed by atoms with Gasteiger partial charge in [-0.3, -0.25) is 9.59 Å². The molecule has 1 aliphatic carbocycles. The van der Waals surface area contributed by atoms with E-state index in [-0.39, 0.29) is 11.6 Å². The number of benzene rings is 2. The molecule has 0 N–H and O–H groups in total. The predicted molar refractivity (Wildman–Crippen MR) is 111 cm³/mol. The SMILES string of the molecule is C=C(C)Cc1ccc2c(c1OC)C(=O)c1ccc(C=C(C)C)c(OC)c1C2=O. The summed E-state index contributed by atoms with van der Waals surface area (Å²) in [5.74, 6) is 0.405. The fraction of sp³-hybridized carbons (Fsp3) is 0.250. The minimum absolute atomic E-state index is 0.230.